The van der Waals surface area contributed by atoms with Gasteiger partial charge in [0.1, 0.15) is 0 Å². The smallest absolute Gasteiger partial charge is 0.257 e. The molecule has 1 aromatic heterocycles. The highest BCUT2D eigenvalue weighted by atomic mass is 16.2. The second-order valence-electron chi connectivity index (χ2n) is 6.41. The molecular formula is C20H24N4O2. The Hall–Kier alpha value is -2.89. The molecule has 1 fully saturated rings. The molecule has 3 rings (SSSR count). The summed E-state index contributed by atoms with van der Waals surface area (Å²) in [5, 5.41) is 5.64. The molecule has 0 radical (unpaired) electrons. The average molecular weight is 352 g/mol. The van der Waals surface area contributed by atoms with Gasteiger partial charge >= 0.3 is 0 Å². The van der Waals surface area contributed by atoms with E-state index in [0.29, 0.717) is 17.7 Å². The van der Waals surface area contributed by atoms with Crippen LogP contribution in [0, 0.1) is 0 Å². The van der Waals surface area contributed by atoms with Gasteiger partial charge in [0, 0.05) is 43.4 Å². The van der Waals surface area contributed by atoms with Crippen molar-refractivity contribution in [2.45, 2.75) is 26.2 Å². The first-order valence-electron chi connectivity index (χ1n) is 9.07. The third kappa shape index (κ3) is 4.39. The molecule has 0 bridgehead atoms. The monoisotopic (exact) mass is 352 g/mol. The normalized spacial score (nSPS) is 13.5. The lowest BCUT2D eigenvalue weighted by Crippen LogP contribution is -2.24. The zero-order chi connectivity index (χ0) is 18.4. The van der Waals surface area contributed by atoms with E-state index < -0.39 is 0 Å². The molecule has 136 valence electrons. The number of carbonyl (C=O) groups excluding carboxylic acids is 2. The van der Waals surface area contributed by atoms with E-state index in [9.17, 15) is 9.59 Å². The first-order valence-corrected chi connectivity index (χ1v) is 9.07. The number of anilines is 2. The van der Waals surface area contributed by atoms with Crippen LogP contribution in [0.4, 0.5) is 11.4 Å². The van der Waals surface area contributed by atoms with Crippen molar-refractivity contribution in [2.24, 2.45) is 0 Å². The topological polar surface area (TPSA) is 74.3 Å². The molecule has 1 aliphatic rings. The lowest BCUT2D eigenvalue weighted by molar-refractivity contribution is 0.0953. The maximum atomic E-state index is 12.5. The maximum Gasteiger partial charge on any atom is 0.257 e. The van der Waals surface area contributed by atoms with E-state index in [-0.39, 0.29) is 11.8 Å². The van der Waals surface area contributed by atoms with Gasteiger partial charge in [0.05, 0.1) is 11.1 Å². The molecule has 2 N–H and O–H groups in total. The van der Waals surface area contributed by atoms with Crippen LogP contribution in [0.15, 0.2) is 42.7 Å². The van der Waals surface area contributed by atoms with Crippen LogP contribution in [0.25, 0.3) is 0 Å². The highest BCUT2D eigenvalue weighted by molar-refractivity contribution is 6.05. The van der Waals surface area contributed by atoms with Crippen LogP contribution >= 0.6 is 0 Å². The summed E-state index contributed by atoms with van der Waals surface area (Å²) >= 11 is 0. The summed E-state index contributed by atoms with van der Waals surface area (Å²) in [4.78, 5) is 30.8. The van der Waals surface area contributed by atoms with Gasteiger partial charge in [-0.15, -0.1) is 0 Å². The Kier molecular flexibility index (Phi) is 5.84. The first-order chi connectivity index (χ1) is 12.7. The van der Waals surface area contributed by atoms with Gasteiger partial charge in [-0.3, -0.25) is 14.6 Å². The molecule has 1 aromatic carbocycles. The highest BCUT2D eigenvalue weighted by Gasteiger charge is 2.13. The Balaban J connectivity index is 1.65. The van der Waals surface area contributed by atoms with Crippen molar-refractivity contribution in [1.29, 1.82) is 0 Å². The van der Waals surface area contributed by atoms with Gasteiger partial charge in [0.2, 0.25) is 0 Å². The van der Waals surface area contributed by atoms with Crippen molar-refractivity contribution < 1.29 is 9.59 Å². The number of aromatic nitrogens is 1. The molecule has 0 unspecified atom stereocenters. The molecule has 0 atom stereocenters. The van der Waals surface area contributed by atoms with Crippen LogP contribution in [0.2, 0.25) is 0 Å². The third-order valence-corrected chi connectivity index (χ3v) is 4.39. The fraction of sp³-hybridized carbons (Fsp3) is 0.350. The second-order valence-corrected chi connectivity index (χ2v) is 6.41. The van der Waals surface area contributed by atoms with E-state index in [4.69, 9.17) is 0 Å². The molecule has 0 spiro atoms. The minimum Gasteiger partial charge on any atom is -0.372 e. The lowest BCUT2D eigenvalue weighted by atomic mass is 10.1. The Morgan fingerprint density at radius 1 is 1.04 bits per heavy atom. The van der Waals surface area contributed by atoms with Gasteiger partial charge in [-0.25, -0.2) is 0 Å². The van der Waals surface area contributed by atoms with Gasteiger partial charge in [0.15, 0.2) is 0 Å². The summed E-state index contributed by atoms with van der Waals surface area (Å²) in [5.74, 6) is -0.500. The maximum absolute atomic E-state index is 12.5. The van der Waals surface area contributed by atoms with Crippen LogP contribution < -0.4 is 15.5 Å². The van der Waals surface area contributed by atoms with Crippen LogP contribution in [0.5, 0.6) is 0 Å². The Labute approximate surface area is 153 Å². The number of rotatable bonds is 6. The molecule has 2 amide bonds. The molecule has 6 nitrogen and oxygen atoms in total. The number of pyridine rings is 1. The molecule has 2 aromatic rings. The summed E-state index contributed by atoms with van der Waals surface area (Å²) in [6, 6.07) is 9.40. The molecule has 6 heteroatoms. The molecule has 0 aliphatic carbocycles. The number of hydrogen-bond donors (Lipinski definition) is 2. The molecule has 2 heterocycles. The zero-order valence-corrected chi connectivity index (χ0v) is 15.0. The summed E-state index contributed by atoms with van der Waals surface area (Å²) in [6.45, 7) is 4.75. The SMILES string of the molecule is CCCNC(=O)c1cncc(C(=O)Nc2ccc(N3CCCC3)cc2)c1. The number of amides is 2. The van der Waals surface area contributed by atoms with Crippen LogP contribution in [-0.4, -0.2) is 36.4 Å². The van der Waals surface area contributed by atoms with Crippen LogP contribution in [0.3, 0.4) is 0 Å². The van der Waals surface area contributed by atoms with Gasteiger partial charge < -0.3 is 15.5 Å². The van der Waals surface area contributed by atoms with Crippen LogP contribution in [0.1, 0.15) is 46.9 Å². The summed E-state index contributed by atoms with van der Waals surface area (Å²) in [5.41, 5.74) is 2.64. The lowest BCUT2D eigenvalue weighted by Gasteiger charge is -2.17. The van der Waals surface area contributed by atoms with Crippen molar-refractivity contribution in [1.82, 2.24) is 10.3 Å². The number of nitrogens with zero attached hydrogens (tertiary/aromatic N) is 2. The first kappa shape index (κ1) is 17.9. The number of benzene rings is 1. The fourth-order valence-corrected chi connectivity index (χ4v) is 2.96. The van der Waals surface area contributed by atoms with E-state index in [1.54, 1.807) is 6.07 Å². The fourth-order valence-electron chi connectivity index (χ4n) is 2.96. The Morgan fingerprint density at radius 2 is 1.69 bits per heavy atom. The van der Waals surface area contributed by atoms with E-state index in [1.807, 2.05) is 31.2 Å². The Morgan fingerprint density at radius 3 is 2.35 bits per heavy atom. The molecule has 26 heavy (non-hydrogen) atoms. The predicted molar refractivity (Wildman–Crippen MR) is 103 cm³/mol. The van der Waals surface area contributed by atoms with Gasteiger partial charge in [-0.05, 0) is 49.6 Å². The van der Waals surface area contributed by atoms with Gasteiger partial charge in [0.25, 0.3) is 11.8 Å². The third-order valence-electron chi connectivity index (χ3n) is 4.39. The van der Waals surface area contributed by atoms with Crippen molar-refractivity contribution in [2.75, 3.05) is 29.9 Å². The minimum atomic E-state index is -0.281. The second kappa shape index (κ2) is 8.47. The van der Waals surface area contributed by atoms with E-state index in [0.717, 1.165) is 25.2 Å². The van der Waals surface area contributed by atoms with Crippen molar-refractivity contribution in [3.05, 3.63) is 53.9 Å². The van der Waals surface area contributed by atoms with E-state index >= 15 is 0 Å². The van der Waals surface area contributed by atoms with Crippen molar-refractivity contribution in [3.63, 3.8) is 0 Å². The van der Waals surface area contributed by atoms with Crippen molar-refractivity contribution in [3.8, 4) is 0 Å². The summed E-state index contributed by atoms with van der Waals surface area (Å²) in [7, 11) is 0. The number of nitrogens with one attached hydrogen (secondary N) is 2. The molecule has 1 aliphatic heterocycles. The summed E-state index contributed by atoms with van der Waals surface area (Å²) < 4.78 is 0. The quantitative estimate of drug-likeness (QED) is 0.838. The largest absolute Gasteiger partial charge is 0.372 e. The summed E-state index contributed by atoms with van der Waals surface area (Å²) in [6.07, 6.45) is 6.24. The number of hydrogen-bond acceptors (Lipinski definition) is 4. The average Bonchev–Trinajstić information content (AvgIpc) is 3.21. The Bertz CT molecular complexity index is 768. The van der Waals surface area contributed by atoms with E-state index in [2.05, 4.69) is 20.5 Å². The molecule has 1 saturated heterocycles. The van der Waals surface area contributed by atoms with Crippen LogP contribution in [-0.2, 0) is 0 Å². The molecular weight excluding hydrogens is 328 g/mol. The standard InChI is InChI=1S/C20H24N4O2/c1-2-9-22-19(25)15-12-16(14-21-13-15)20(26)23-17-5-7-18(8-6-17)24-10-3-4-11-24/h5-8,12-14H,2-4,9-11H2,1H3,(H,22,25)(H,23,26). The predicted octanol–water partition coefficient (Wildman–Crippen LogP) is 3.07. The van der Waals surface area contributed by atoms with E-state index in [1.165, 1.54) is 30.9 Å². The highest BCUT2D eigenvalue weighted by Crippen LogP contribution is 2.22. The van der Waals surface area contributed by atoms with Gasteiger partial charge in [-0.1, -0.05) is 6.92 Å². The zero-order valence-electron chi connectivity index (χ0n) is 15.0. The van der Waals surface area contributed by atoms with Gasteiger partial charge in [-0.2, -0.15) is 0 Å². The minimum absolute atomic E-state index is 0.219. The molecule has 0 saturated carbocycles. The van der Waals surface area contributed by atoms with Crippen molar-refractivity contribution >= 4 is 23.2 Å². The number of carbonyl (C=O) groups is 2.